The first-order chi connectivity index (χ1) is 26.8. The number of anilines is 3. The summed E-state index contributed by atoms with van der Waals surface area (Å²) in [5, 5.41) is 12.2. The molecule has 0 spiro atoms. The van der Waals surface area contributed by atoms with Gasteiger partial charge in [-0.15, -0.1) is 0 Å². The van der Waals surface area contributed by atoms with Crippen LogP contribution in [0.1, 0.15) is 0 Å². The largest absolute Gasteiger partial charge is 0.454 e. The molecule has 0 aliphatic carbocycles. The molecule has 0 fully saturated rings. The Hall–Kier alpha value is -7.16. The van der Waals surface area contributed by atoms with Gasteiger partial charge in [-0.25, -0.2) is 0 Å². The van der Waals surface area contributed by atoms with Crippen LogP contribution < -0.4 is 4.90 Å². The molecule has 1 heterocycles. The average molecular weight is 688 g/mol. The van der Waals surface area contributed by atoms with Crippen LogP contribution in [0, 0.1) is 0 Å². The first-order valence-electron chi connectivity index (χ1n) is 18.5. The lowest BCUT2D eigenvalue weighted by atomic mass is 9.93. The molecule has 252 valence electrons. The number of fused-ring (bicyclic) bond motifs is 10. The minimum atomic E-state index is 0.862. The summed E-state index contributed by atoms with van der Waals surface area (Å²) in [4.78, 5) is 2.40. The Balaban J connectivity index is 1.18. The molecule has 10 aromatic carbocycles. The van der Waals surface area contributed by atoms with Crippen LogP contribution >= 0.6 is 0 Å². The fourth-order valence-corrected chi connectivity index (χ4v) is 8.60. The molecule has 54 heavy (non-hydrogen) atoms. The van der Waals surface area contributed by atoms with E-state index >= 15 is 0 Å². The number of rotatable bonds is 5. The van der Waals surface area contributed by atoms with E-state index in [0.29, 0.717) is 0 Å². The molecule has 0 radical (unpaired) electrons. The van der Waals surface area contributed by atoms with E-state index < -0.39 is 0 Å². The SMILES string of the molecule is c1cc(-c2ccccc2N(c2ccc3c4ccccc4c4ccccc4c3c2)c2cccc3c2oc2ccccc23)cc(-c2cccc3ccccc23)c1. The van der Waals surface area contributed by atoms with E-state index in [1.807, 2.05) is 6.07 Å². The number of hydrogen-bond donors (Lipinski definition) is 0. The summed E-state index contributed by atoms with van der Waals surface area (Å²) >= 11 is 0. The third-order valence-electron chi connectivity index (χ3n) is 11.0. The fraction of sp³-hybridized carbons (Fsp3) is 0. The summed E-state index contributed by atoms with van der Waals surface area (Å²) < 4.78 is 6.74. The Morgan fingerprint density at radius 3 is 1.63 bits per heavy atom. The van der Waals surface area contributed by atoms with Crippen LogP contribution in [0.25, 0.3) is 87.3 Å². The number of benzene rings is 10. The van der Waals surface area contributed by atoms with Crippen LogP contribution in [-0.2, 0) is 0 Å². The average Bonchev–Trinajstić information content (AvgIpc) is 3.63. The molecule has 0 unspecified atom stereocenters. The first kappa shape index (κ1) is 30.5. The molecule has 11 rings (SSSR count). The molecule has 0 amide bonds. The van der Waals surface area contributed by atoms with E-state index in [2.05, 4.69) is 199 Å². The van der Waals surface area contributed by atoms with E-state index in [0.717, 1.165) is 50.1 Å². The molecule has 0 bridgehead atoms. The van der Waals surface area contributed by atoms with Gasteiger partial charge in [-0.2, -0.15) is 0 Å². The van der Waals surface area contributed by atoms with E-state index in [-0.39, 0.29) is 0 Å². The van der Waals surface area contributed by atoms with Crippen molar-refractivity contribution < 1.29 is 4.42 Å². The van der Waals surface area contributed by atoms with Crippen molar-refractivity contribution in [1.29, 1.82) is 0 Å². The van der Waals surface area contributed by atoms with E-state index in [1.54, 1.807) is 0 Å². The number of furan rings is 1. The molecule has 2 heteroatoms. The number of hydrogen-bond acceptors (Lipinski definition) is 2. The molecule has 0 saturated heterocycles. The van der Waals surface area contributed by atoms with Gasteiger partial charge in [0.15, 0.2) is 5.58 Å². The fourth-order valence-electron chi connectivity index (χ4n) is 8.60. The second-order valence-corrected chi connectivity index (χ2v) is 14.0. The summed E-state index contributed by atoms with van der Waals surface area (Å²) in [5.74, 6) is 0. The van der Waals surface area contributed by atoms with Crippen molar-refractivity contribution >= 4 is 82.1 Å². The summed E-state index contributed by atoms with van der Waals surface area (Å²) in [5.41, 5.74) is 9.57. The zero-order valence-electron chi connectivity index (χ0n) is 29.4. The number of nitrogens with zero attached hydrogens (tertiary/aromatic N) is 1. The van der Waals surface area contributed by atoms with Gasteiger partial charge >= 0.3 is 0 Å². The molecule has 0 saturated carbocycles. The topological polar surface area (TPSA) is 16.4 Å². The highest BCUT2D eigenvalue weighted by Gasteiger charge is 2.23. The molecular formula is C52H33NO. The highest BCUT2D eigenvalue weighted by atomic mass is 16.3. The summed E-state index contributed by atoms with van der Waals surface area (Å²) in [6.45, 7) is 0. The van der Waals surface area contributed by atoms with Crippen LogP contribution in [-0.4, -0.2) is 0 Å². The Kier molecular flexibility index (Phi) is 6.90. The normalized spacial score (nSPS) is 11.7. The molecule has 2 nitrogen and oxygen atoms in total. The quantitative estimate of drug-likeness (QED) is 0.168. The highest BCUT2D eigenvalue weighted by Crippen LogP contribution is 2.47. The first-order valence-corrected chi connectivity index (χ1v) is 18.5. The van der Waals surface area contributed by atoms with Gasteiger partial charge < -0.3 is 9.32 Å². The van der Waals surface area contributed by atoms with Crippen LogP contribution in [0.2, 0.25) is 0 Å². The maximum atomic E-state index is 6.74. The predicted octanol–water partition coefficient (Wildman–Crippen LogP) is 15.0. The zero-order valence-corrected chi connectivity index (χ0v) is 29.4. The number of para-hydroxylation sites is 3. The van der Waals surface area contributed by atoms with Crippen molar-refractivity contribution in [3.8, 4) is 22.3 Å². The lowest BCUT2D eigenvalue weighted by Gasteiger charge is -2.28. The van der Waals surface area contributed by atoms with Crippen molar-refractivity contribution in [2.24, 2.45) is 0 Å². The van der Waals surface area contributed by atoms with Gasteiger partial charge in [0.2, 0.25) is 0 Å². The molecule has 0 aliphatic heterocycles. The third-order valence-corrected chi connectivity index (χ3v) is 11.0. The molecular weight excluding hydrogens is 655 g/mol. The van der Waals surface area contributed by atoms with E-state index in [4.69, 9.17) is 4.42 Å². The minimum absolute atomic E-state index is 0.862. The van der Waals surface area contributed by atoms with Crippen LogP contribution in [0.4, 0.5) is 17.1 Å². The molecule has 0 atom stereocenters. The maximum absolute atomic E-state index is 6.74. The van der Waals surface area contributed by atoms with Crippen molar-refractivity contribution in [1.82, 2.24) is 0 Å². The maximum Gasteiger partial charge on any atom is 0.159 e. The van der Waals surface area contributed by atoms with E-state index in [1.165, 1.54) is 54.2 Å². The van der Waals surface area contributed by atoms with Crippen LogP contribution in [0.3, 0.4) is 0 Å². The Morgan fingerprint density at radius 2 is 0.833 bits per heavy atom. The monoisotopic (exact) mass is 687 g/mol. The predicted molar refractivity (Wildman–Crippen MR) is 229 cm³/mol. The zero-order chi connectivity index (χ0) is 35.6. The summed E-state index contributed by atoms with van der Waals surface area (Å²) in [6, 6.07) is 72.3. The minimum Gasteiger partial charge on any atom is -0.454 e. The van der Waals surface area contributed by atoms with Crippen molar-refractivity contribution in [2.75, 3.05) is 4.90 Å². The molecule has 11 aromatic rings. The molecule has 0 N–H and O–H groups in total. The Morgan fingerprint density at radius 1 is 0.315 bits per heavy atom. The Bertz CT molecular complexity index is 3200. The highest BCUT2D eigenvalue weighted by molar-refractivity contribution is 6.26. The standard InChI is InChI=1S/C52H33NO/c1-2-18-38-34(14-1)15-12-25-39(38)35-16-11-17-36(32-35)40-19-7-9-27-49(40)53(50-28-13-26-47-46-24-8-10-29-51(46)54-52(47)50)37-30-31-45-43-22-4-3-20-41(43)42-21-5-6-23-44(42)48(45)33-37/h1-33H. The second kappa shape index (κ2) is 12.2. The molecule has 1 aromatic heterocycles. The van der Waals surface area contributed by atoms with Gasteiger partial charge in [0, 0.05) is 22.0 Å². The van der Waals surface area contributed by atoms with Gasteiger partial charge in [-0.05, 0) is 96.2 Å². The van der Waals surface area contributed by atoms with Gasteiger partial charge in [-0.3, -0.25) is 0 Å². The van der Waals surface area contributed by atoms with Crippen LogP contribution in [0.15, 0.2) is 205 Å². The lowest BCUT2D eigenvalue weighted by molar-refractivity contribution is 0.669. The third kappa shape index (κ3) is 4.74. The van der Waals surface area contributed by atoms with Crippen LogP contribution in [0.5, 0.6) is 0 Å². The van der Waals surface area contributed by atoms with Gasteiger partial charge in [0.25, 0.3) is 0 Å². The van der Waals surface area contributed by atoms with Gasteiger partial charge in [0.05, 0.1) is 11.4 Å². The Labute approximate surface area is 312 Å². The van der Waals surface area contributed by atoms with Crippen molar-refractivity contribution in [2.45, 2.75) is 0 Å². The summed E-state index contributed by atoms with van der Waals surface area (Å²) in [6.07, 6.45) is 0. The van der Waals surface area contributed by atoms with Gasteiger partial charge in [-0.1, -0.05) is 164 Å². The lowest BCUT2D eigenvalue weighted by Crippen LogP contribution is -2.11. The molecule has 0 aliphatic rings. The smallest absolute Gasteiger partial charge is 0.159 e. The summed E-state index contributed by atoms with van der Waals surface area (Å²) in [7, 11) is 0. The van der Waals surface area contributed by atoms with Crippen molar-refractivity contribution in [3.05, 3.63) is 200 Å². The van der Waals surface area contributed by atoms with Crippen molar-refractivity contribution in [3.63, 3.8) is 0 Å². The second-order valence-electron chi connectivity index (χ2n) is 14.0. The van der Waals surface area contributed by atoms with Gasteiger partial charge in [0.1, 0.15) is 5.58 Å². The van der Waals surface area contributed by atoms with E-state index in [9.17, 15) is 0 Å².